The fourth-order valence-corrected chi connectivity index (χ4v) is 2.41. The average molecular weight is 218 g/mol. The maximum Gasteiger partial charge on any atom is 0.0111 e. The molecule has 1 unspecified atom stereocenters. The second kappa shape index (κ2) is 6.02. The lowest BCUT2D eigenvalue weighted by molar-refractivity contribution is 0.454. The van der Waals surface area contributed by atoms with Gasteiger partial charge in [-0.25, -0.2) is 0 Å². The number of fused-ring (bicyclic) bond motifs is 1. The van der Waals surface area contributed by atoms with Crippen molar-refractivity contribution in [3.8, 4) is 0 Å². The molecule has 0 saturated carbocycles. The van der Waals surface area contributed by atoms with Gasteiger partial charge in [-0.05, 0) is 36.9 Å². The number of hydrogen-bond donors (Lipinski definition) is 2. The topological polar surface area (TPSA) is 24.1 Å². The van der Waals surface area contributed by atoms with Crippen LogP contribution in [0.2, 0.25) is 0 Å². The summed E-state index contributed by atoms with van der Waals surface area (Å²) in [5.41, 5.74) is 3.09. The van der Waals surface area contributed by atoms with Gasteiger partial charge in [0.1, 0.15) is 0 Å². The van der Waals surface area contributed by atoms with E-state index in [1.807, 2.05) is 0 Å². The Labute approximate surface area is 98.4 Å². The molecule has 16 heavy (non-hydrogen) atoms. The van der Waals surface area contributed by atoms with Gasteiger partial charge in [0.25, 0.3) is 0 Å². The Kier molecular flexibility index (Phi) is 4.37. The number of likely N-dealkylation sites (N-methyl/N-ethyl adjacent to an activating group) is 1. The van der Waals surface area contributed by atoms with Gasteiger partial charge in [-0.1, -0.05) is 31.2 Å². The number of hydrogen-bond acceptors (Lipinski definition) is 2. The molecule has 1 atom stereocenters. The van der Waals surface area contributed by atoms with E-state index >= 15 is 0 Å². The first kappa shape index (κ1) is 11.6. The average Bonchev–Trinajstić information content (AvgIpc) is 2.34. The minimum Gasteiger partial charge on any atom is -0.316 e. The van der Waals surface area contributed by atoms with Gasteiger partial charge in [0, 0.05) is 19.1 Å². The van der Waals surface area contributed by atoms with Gasteiger partial charge in [-0.2, -0.15) is 0 Å². The number of aryl methyl sites for hydroxylation is 1. The van der Waals surface area contributed by atoms with Crippen LogP contribution in [0.5, 0.6) is 0 Å². The van der Waals surface area contributed by atoms with E-state index in [9.17, 15) is 0 Å². The monoisotopic (exact) mass is 218 g/mol. The molecule has 2 heteroatoms. The van der Waals surface area contributed by atoms with Crippen molar-refractivity contribution < 1.29 is 0 Å². The smallest absolute Gasteiger partial charge is 0.0111 e. The third-order valence-electron chi connectivity index (χ3n) is 3.33. The van der Waals surface area contributed by atoms with Crippen molar-refractivity contribution in [1.82, 2.24) is 10.6 Å². The van der Waals surface area contributed by atoms with E-state index in [1.54, 1.807) is 5.56 Å². The van der Waals surface area contributed by atoms with Crippen molar-refractivity contribution in [1.29, 1.82) is 0 Å². The van der Waals surface area contributed by atoms with E-state index in [1.165, 1.54) is 24.8 Å². The van der Waals surface area contributed by atoms with Gasteiger partial charge in [-0.15, -0.1) is 0 Å². The first-order valence-corrected chi connectivity index (χ1v) is 6.41. The number of nitrogens with one attached hydrogen (secondary N) is 2. The summed E-state index contributed by atoms with van der Waals surface area (Å²) in [6, 6.07) is 9.52. The van der Waals surface area contributed by atoms with Gasteiger partial charge >= 0.3 is 0 Å². The lowest BCUT2D eigenvalue weighted by Gasteiger charge is -2.25. The Morgan fingerprint density at radius 1 is 1.19 bits per heavy atom. The van der Waals surface area contributed by atoms with Crippen LogP contribution in [-0.4, -0.2) is 25.7 Å². The molecule has 0 bridgehead atoms. The fourth-order valence-electron chi connectivity index (χ4n) is 2.41. The fraction of sp³-hybridized carbons (Fsp3) is 0.571. The number of rotatable bonds is 5. The normalized spacial score (nSPS) is 19.4. The van der Waals surface area contributed by atoms with Crippen LogP contribution in [0, 0.1) is 0 Å². The molecule has 0 aromatic heterocycles. The lowest BCUT2D eigenvalue weighted by Crippen LogP contribution is -2.38. The van der Waals surface area contributed by atoms with Crippen LogP contribution >= 0.6 is 0 Å². The molecular weight excluding hydrogens is 196 g/mol. The first-order chi connectivity index (χ1) is 7.90. The molecule has 0 aliphatic heterocycles. The molecule has 1 aromatic carbocycles. The molecule has 1 aliphatic rings. The summed E-state index contributed by atoms with van der Waals surface area (Å²) in [6.07, 6.45) is 3.71. The molecule has 0 amide bonds. The Hall–Kier alpha value is -0.860. The van der Waals surface area contributed by atoms with Crippen molar-refractivity contribution in [3.05, 3.63) is 35.4 Å². The number of benzene rings is 1. The largest absolute Gasteiger partial charge is 0.316 e. The summed E-state index contributed by atoms with van der Waals surface area (Å²) >= 11 is 0. The third kappa shape index (κ3) is 3.06. The summed E-state index contributed by atoms with van der Waals surface area (Å²) in [5, 5.41) is 6.98. The van der Waals surface area contributed by atoms with Gasteiger partial charge in [0.2, 0.25) is 0 Å². The van der Waals surface area contributed by atoms with Crippen LogP contribution in [0.3, 0.4) is 0 Å². The lowest BCUT2D eigenvalue weighted by atomic mass is 9.88. The van der Waals surface area contributed by atoms with Gasteiger partial charge in [-0.3, -0.25) is 0 Å². The minimum absolute atomic E-state index is 0.675. The molecule has 0 spiro atoms. The van der Waals surface area contributed by atoms with Crippen LogP contribution in [0.15, 0.2) is 24.3 Å². The van der Waals surface area contributed by atoms with Crippen LogP contribution in [0.25, 0.3) is 0 Å². The highest BCUT2D eigenvalue weighted by molar-refractivity contribution is 5.30. The summed E-state index contributed by atoms with van der Waals surface area (Å²) in [4.78, 5) is 0. The Morgan fingerprint density at radius 2 is 2.00 bits per heavy atom. The Balaban J connectivity index is 1.79. The van der Waals surface area contributed by atoms with E-state index in [0.29, 0.717) is 6.04 Å². The van der Waals surface area contributed by atoms with Gasteiger partial charge in [0.15, 0.2) is 0 Å². The standard InChI is InChI=1S/C14H22N2/c1-2-15-9-10-16-14-8-7-12-5-3-4-6-13(12)11-14/h3-6,14-16H,2,7-11H2,1H3. The molecule has 0 fully saturated rings. The SMILES string of the molecule is CCNCCNC1CCc2ccccc2C1. The Bertz CT molecular complexity index is 322. The predicted molar refractivity (Wildman–Crippen MR) is 68.8 cm³/mol. The van der Waals surface area contributed by atoms with E-state index in [4.69, 9.17) is 0 Å². The van der Waals surface area contributed by atoms with Gasteiger partial charge in [0.05, 0.1) is 0 Å². The van der Waals surface area contributed by atoms with E-state index in [2.05, 4.69) is 41.8 Å². The molecule has 2 rings (SSSR count). The molecule has 2 nitrogen and oxygen atoms in total. The molecule has 1 aromatic rings. The summed E-state index contributed by atoms with van der Waals surface area (Å²) in [5.74, 6) is 0. The first-order valence-electron chi connectivity index (χ1n) is 6.41. The van der Waals surface area contributed by atoms with E-state index in [-0.39, 0.29) is 0 Å². The zero-order valence-electron chi connectivity index (χ0n) is 10.1. The molecule has 0 saturated heterocycles. The van der Waals surface area contributed by atoms with E-state index < -0.39 is 0 Å². The van der Waals surface area contributed by atoms with Gasteiger partial charge < -0.3 is 10.6 Å². The highest BCUT2D eigenvalue weighted by Crippen LogP contribution is 2.20. The van der Waals surface area contributed by atoms with Crippen molar-refractivity contribution in [2.45, 2.75) is 32.2 Å². The van der Waals surface area contributed by atoms with Crippen molar-refractivity contribution >= 4 is 0 Å². The summed E-state index contributed by atoms with van der Waals surface area (Å²) in [6.45, 7) is 5.38. The maximum atomic E-state index is 3.63. The zero-order valence-corrected chi connectivity index (χ0v) is 10.1. The zero-order chi connectivity index (χ0) is 11.2. The van der Waals surface area contributed by atoms with Crippen molar-refractivity contribution in [3.63, 3.8) is 0 Å². The van der Waals surface area contributed by atoms with Crippen LogP contribution in [-0.2, 0) is 12.8 Å². The maximum absolute atomic E-state index is 3.63. The molecule has 1 aliphatic carbocycles. The second-order valence-electron chi connectivity index (χ2n) is 4.52. The minimum atomic E-state index is 0.675. The molecule has 88 valence electrons. The van der Waals surface area contributed by atoms with Crippen LogP contribution in [0.1, 0.15) is 24.5 Å². The quantitative estimate of drug-likeness (QED) is 0.736. The molecule has 2 N–H and O–H groups in total. The Morgan fingerprint density at radius 3 is 2.81 bits per heavy atom. The third-order valence-corrected chi connectivity index (χ3v) is 3.33. The molecule has 0 heterocycles. The summed E-state index contributed by atoms with van der Waals surface area (Å²) < 4.78 is 0. The van der Waals surface area contributed by atoms with Crippen LogP contribution in [0.4, 0.5) is 0 Å². The predicted octanol–water partition coefficient (Wildman–Crippen LogP) is 1.74. The van der Waals surface area contributed by atoms with E-state index in [0.717, 1.165) is 19.6 Å². The molecule has 0 radical (unpaired) electrons. The highest BCUT2D eigenvalue weighted by Gasteiger charge is 2.16. The summed E-state index contributed by atoms with van der Waals surface area (Å²) in [7, 11) is 0. The van der Waals surface area contributed by atoms with Crippen LogP contribution < -0.4 is 10.6 Å². The van der Waals surface area contributed by atoms with Crippen molar-refractivity contribution in [2.24, 2.45) is 0 Å². The second-order valence-corrected chi connectivity index (χ2v) is 4.52. The molecular formula is C14H22N2. The highest BCUT2D eigenvalue weighted by atomic mass is 15.0. The van der Waals surface area contributed by atoms with Crippen molar-refractivity contribution in [2.75, 3.05) is 19.6 Å².